The molecule has 0 spiro atoms. The van der Waals surface area contributed by atoms with Crippen LogP contribution >= 0.6 is 0 Å². The number of carbonyl (C=O) groups excluding carboxylic acids is 2. The van der Waals surface area contributed by atoms with Gasteiger partial charge in [-0.05, 0) is 36.1 Å². The molecule has 1 aliphatic carbocycles. The molecule has 2 N–H and O–H groups in total. The first-order valence-corrected chi connectivity index (χ1v) is 14.0. The van der Waals surface area contributed by atoms with Crippen LogP contribution in [0.5, 0.6) is 11.5 Å². The number of amides is 1. The van der Waals surface area contributed by atoms with Gasteiger partial charge in [-0.25, -0.2) is 0 Å². The molecule has 3 aliphatic rings. The molecule has 0 aromatic heterocycles. The number of ketones is 1. The van der Waals surface area contributed by atoms with Gasteiger partial charge in [-0.1, -0.05) is 26.0 Å². The Hall–Kier alpha value is -3.56. The van der Waals surface area contributed by atoms with Crippen LogP contribution < -0.4 is 25.0 Å². The van der Waals surface area contributed by atoms with Crippen molar-refractivity contribution in [3.05, 3.63) is 59.3 Å². The van der Waals surface area contributed by atoms with E-state index in [0.717, 1.165) is 61.9 Å². The third kappa shape index (κ3) is 5.95. The van der Waals surface area contributed by atoms with Gasteiger partial charge in [0, 0.05) is 55.5 Å². The van der Waals surface area contributed by atoms with Crippen molar-refractivity contribution in [2.24, 2.45) is 5.41 Å². The average Bonchev–Trinajstić information content (AvgIpc) is 3.07. The summed E-state index contributed by atoms with van der Waals surface area (Å²) in [6.45, 7) is 8.82. The van der Waals surface area contributed by atoms with E-state index < -0.39 is 6.04 Å². The average molecular weight is 549 g/mol. The van der Waals surface area contributed by atoms with Gasteiger partial charge in [0.05, 0.1) is 51.4 Å². The predicted octanol–water partition coefficient (Wildman–Crippen LogP) is 3.77. The number of methoxy groups -OCH3 is 2. The highest BCUT2D eigenvalue weighted by molar-refractivity contribution is 6.02. The van der Waals surface area contributed by atoms with E-state index in [4.69, 9.17) is 14.2 Å². The van der Waals surface area contributed by atoms with Crippen LogP contribution in [-0.2, 0) is 14.3 Å². The fourth-order valence-corrected chi connectivity index (χ4v) is 5.98. The summed E-state index contributed by atoms with van der Waals surface area (Å²) in [6.07, 6.45) is 1.15. The maximum absolute atomic E-state index is 13.9. The fourth-order valence-electron chi connectivity index (χ4n) is 5.98. The molecule has 9 heteroatoms. The minimum absolute atomic E-state index is 0.0761. The van der Waals surface area contributed by atoms with Crippen molar-refractivity contribution in [1.29, 1.82) is 0 Å². The van der Waals surface area contributed by atoms with E-state index in [2.05, 4.69) is 29.4 Å². The number of Topliss-reactive ketones (excluding diaryl/α,β-unsaturated/α-hetero) is 1. The van der Waals surface area contributed by atoms with Gasteiger partial charge < -0.3 is 29.7 Å². The minimum Gasteiger partial charge on any atom is -0.497 e. The molecule has 214 valence electrons. The van der Waals surface area contributed by atoms with Crippen molar-refractivity contribution in [3.8, 4) is 11.5 Å². The molecule has 1 atom stereocenters. The lowest BCUT2D eigenvalue weighted by Crippen LogP contribution is -2.45. The number of benzene rings is 2. The minimum atomic E-state index is -0.527. The summed E-state index contributed by atoms with van der Waals surface area (Å²) in [5, 5.41) is 6.71. The second-order valence-corrected chi connectivity index (χ2v) is 11.4. The molecule has 0 saturated carbocycles. The number of anilines is 2. The monoisotopic (exact) mass is 548 g/mol. The zero-order valence-corrected chi connectivity index (χ0v) is 23.9. The van der Waals surface area contributed by atoms with Gasteiger partial charge >= 0.3 is 0 Å². The maximum Gasteiger partial charge on any atom is 0.239 e. The molecule has 2 aromatic rings. The summed E-state index contributed by atoms with van der Waals surface area (Å²) in [7, 11) is 3.23. The lowest BCUT2D eigenvalue weighted by Gasteiger charge is -2.38. The number of rotatable bonds is 8. The first-order chi connectivity index (χ1) is 19.3. The van der Waals surface area contributed by atoms with Gasteiger partial charge in [0.15, 0.2) is 5.78 Å². The highest BCUT2D eigenvalue weighted by Gasteiger charge is 2.42. The van der Waals surface area contributed by atoms with Gasteiger partial charge in [0.1, 0.15) is 11.5 Å². The lowest BCUT2D eigenvalue weighted by atomic mass is 9.73. The summed E-state index contributed by atoms with van der Waals surface area (Å²) < 4.78 is 16.7. The summed E-state index contributed by atoms with van der Waals surface area (Å²) in [5.74, 6) is 1.23. The van der Waals surface area contributed by atoms with Crippen LogP contribution in [0.1, 0.15) is 38.3 Å². The Morgan fingerprint density at radius 2 is 1.88 bits per heavy atom. The molecule has 2 heterocycles. The van der Waals surface area contributed by atoms with E-state index in [9.17, 15) is 9.59 Å². The summed E-state index contributed by atoms with van der Waals surface area (Å²) in [6, 6.07) is 13.1. The SMILES string of the molecule is COc1ccc(C2C3=C(CC(C)(C)CC3=O)Nc3ccccc3N2CC(=O)NCCN2CCOCC2)c(OC)c1. The van der Waals surface area contributed by atoms with Gasteiger partial charge in [0.25, 0.3) is 0 Å². The molecule has 2 aliphatic heterocycles. The molecule has 2 aromatic carbocycles. The molecule has 40 heavy (non-hydrogen) atoms. The number of ether oxygens (including phenoxy) is 3. The summed E-state index contributed by atoms with van der Waals surface area (Å²) in [5.41, 5.74) is 3.93. The molecule has 1 amide bonds. The zero-order chi connectivity index (χ0) is 28.3. The number of nitrogens with one attached hydrogen (secondary N) is 2. The van der Waals surface area contributed by atoms with E-state index in [-0.39, 0.29) is 23.7 Å². The molecule has 1 saturated heterocycles. The van der Waals surface area contributed by atoms with Gasteiger partial charge in [0.2, 0.25) is 5.91 Å². The van der Waals surface area contributed by atoms with Crippen molar-refractivity contribution in [3.63, 3.8) is 0 Å². The Labute approximate surface area is 236 Å². The van der Waals surface area contributed by atoms with Crippen molar-refractivity contribution >= 4 is 23.1 Å². The standard InChI is InChI=1S/C31H40N4O5/c1-31(2)18-24-29(26(36)19-31)30(22-10-9-21(38-3)17-27(22)39-4)35(25-8-6-5-7-23(25)33-24)20-28(37)32-11-12-34-13-15-40-16-14-34/h5-10,17,30,33H,11-16,18-20H2,1-4H3,(H,32,37). The first kappa shape index (κ1) is 28.0. The molecule has 0 bridgehead atoms. The Morgan fingerprint density at radius 1 is 1.10 bits per heavy atom. The van der Waals surface area contributed by atoms with Crippen LogP contribution in [0.2, 0.25) is 0 Å². The highest BCUT2D eigenvalue weighted by Crippen LogP contribution is 2.49. The first-order valence-electron chi connectivity index (χ1n) is 14.0. The van der Waals surface area contributed by atoms with Crippen molar-refractivity contribution in [2.75, 3.05) is 70.4 Å². The maximum atomic E-state index is 13.9. The highest BCUT2D eigenvalue weighted by atomic mass is 16.5. The third-order valence-electron chi connectivity index (χ3n) is 7.91. The number of para-hydroxylation sites is 2. The summed E-state index contributed by atoms with van der Waals surface area (Å²) >= 11 is 0. The van der Waals surface area contributed by atoms with Crippen LogP contribution in [0.3, 0.4) is 0 Å². The summed E-state index contributed by atoms with van der Waals surface area (Å²) in [4.78, 5) is 31.7. The second kappa shape index (κ2) is 11.9. The molecule has 1 fully saturated rings. The number of morpholine rings is 1. The lowest BCUT2D eigenvalue weighted by molar-refractivity contribution is -0.120. The van der Waals surface area contributed by atoms with E-state index in [1.807, 2.05) is 47.4 Å². The largest absolute Gasteiger partial charge is 0.497 e. The van der Waals surface area contributed by atoms with Crippen LogP contribution in [0.4, 0.5) is 11.4 Å². The molecule has 1 unspecified atom stereocenters. The zero-order valence-electron chi connectivity index (χ0n) is 23.9. The van der Waals surface area contributed by atoms with Crippen LogP contribution in [0, 0.1) is 5.41 Å². The third-order valence-corrected chi connectivity index (χ3v) is 7.91. The van der Waals surface area contributed by atoms with Gasteiger partial charge in [-0.2, -0.15) is 0 Å². The topological polar surface area (TPSA) is 92.4 Å². The predicted molar refractivity (Wildman–Crippen MR) is 155 cm³/mol. The number of allylic oxidation sites excluding steroid dienone is 1. The van der Waals surface area contributed by atoms with Crippen LogP contribution in [-0.4, -0.2) is 76.7 Å². The van der Waals surface area contributed by atoms with Crippen molar-refractivity contribution in [1.82, 2.24) is 10.2 Å². The Balaban J connectivity index is 1.55. The number of hydrogen-bond donors (Lipinski definition) is 2. The molecular formula is C31H40N4O5. The molecule has 5 rings (SSSR count). The van der Waals surface area contributed by atoms with E-state index in [1.165, 1.54) is 0 Å². The quantitative estimate of drug-likeness (QED) is 0.515. The van der Waals surface area contributed by atoms with Crippen LogP contribution in [0.25, 0.3) is 0 Å². The normalized spacial score (nSPS) is 20.6. The molecule has 0 radical (unpaired) electrons. The number of nitrogens with zero attached hydrogens (tertiary/aromatic N) is 2. The van der Waals surface area contributed by atoms with Crippen molar-refractivity contribution in [2.45, 2.75) is 32.7 Å². The Kier molecular flexibility index (Phi) is 8.32. The van der Waals surface area contributed by atoms with Gasteiger partial charge in [-0.15, -0.1) is 0 Å². The molecule has 9 nitrogen and oxygen atoms in total. The fraction of sp³-hybridized carbons (Fsp3) is 0.484. The number of hydrogen-bond acceptors (Lipinski definition) is 8. The van der Waals surface area contributed by atoms with E-state index in [0.29, 0.717) is 30.0 Å². The van der Waals surface area contributed by atoms with E-state index in [1.54, 1.807) is 14.2 Å². The molecular weight excluding hydrogens is 508 g/mol. The Bertz CT molecular complexity index is 1280. The second-order valence-electron chi connectivity index (χ2n) is 11.4. The Morgan fingerprint density at radius 3 is 2.62 bits per heavy atom. The smallest absolute Gasteiger partial charge is 0.239 e. The van der Waals surface area contributed by atoms with E-state index >= 15 is 0 Å². The number of fused-ring (bicyclic) bond motifs is 1. The van der Waals surface area contributed by atoms with Crippen LogP contribution in [0.15, 0.2) is 53.7 Å². The van der Waals surface area contributed by atoms with Crippen molar-refractivity contribution < 1.29 is 23.8 Å². The number of carbonyl (C=O) groups is 2. The van der Waals surface area contributed by atoms with Gasteiger partial charge in [-0.3, -0.25) is 14.5 Å².